The van der Waals surface area contributed by atoms with E-state index >= 15 is 0 Å². The average molecular weight is 290 g/mol. The number of carboxylic acids is 1. The Morgan fingerprint density at radius 3 is 2.57 bits per heavy atom. The number of para-hydroxylation sites is 1. The van der Waals surface area contributed by atoms with E-state index in [1.54, 1.807) is 24.3 Å². The smallest absolute Gasteiger partial charge is 0.328 e. The molecule has 1 aromatic carbocycles. The molecule has 1 heterocycles. The summed E-state index contributed by atoms with van der Waals surface area (Å²) in [5.74, 6) is -2.13. The molecule has 4 N–H and O–H groups in total. The summed E-state index contributed by atoms with van der Waals surface area (Å²) in [5.41, 5.74) is 0.0584. The summed E-state index contributed by atoms with van der Waals surface area (Å²) < 4.78 is 0. The van der Waals surface area contributed by atoms with Gasteiger partial charge in [-0.1, -0.05) is 12.1 Å². The molecule has 0 saturated carbocycles. The van der Waals surface area contributed by atoms with Gasteiger partial charge in [0, 0.05) is 17.0 Å². The topological polar surface area (TPSA) is 119 Å². The van der Waals surface area contributed by atoms with Crippen molar-refractivity contribution < 1.29 is 19.8 Å². The summed E-state index contributed by atoms with van der Waals surface area (Å²) in [6.07, 6.45) is -1.27. The van der Waals surface area contributed by atoms with Crippen molar-refractivity contribution in [1.82, 2.24) is 10.3 Å². The minimum atomic E-state index is -1.45. The van der Waals surface area contributed by atoms with Crippen molar-refractivity contribution in [2.45, 2.75) is 19.1 Å². The van der Waals surface area contributed by atoms with Crippen LogP contribution in [0.25, 0.3) is 10.9 Å². The molecule has 1 amide bonds. The number of aromatic amines is 1. The minimum absolute atomic E-state index is 0.0643. The summed E-state index contributed by atoms with van der Waals surface area (Å²) in [4.78, 5) is 37.6. The highest BCUT2D eigenvalue weighted by Gasteiger charge is 2.25. The third kappa shape index (κ3) is 3.09. The van der Waals surface area contributed by atoms with Crippen LogP contribution in [0, 0.1) is 0 Å². The van der Waals surface area contributed by atoms with Crippen LogP contribution in [0.15, 0.2) is 35.1 Å². The van der Waals surface area contributed by atoms with Crippen LogP contribution in [0.1, 0.15) is 17.4 Å². The van der Waals surface area contributed by atoms with Crippen molar-refractivity contribution in [2.24, 2.45) is 0 Å². The van der Waals surface area contributed by atoms with E-state index < -0.39 is 24.0 Å². The van der Waals surface area contributed by atoms with E-state index in [1.165, 1.54) is 6.92 Å². The molecule has 2 unspecified atom stereocenters. The fraction of sp³-hybridized carbons (Fsp3) is 0.214. The first-order chi connectivity index (χ1) is 9.90. The molecule has 0 aliphatic rings. The number of fused-ring (bicyclic) bond motifs is 1. The van der Waals surface area contributed by atoms with Gasteiger partial charge in [-0.2, -0.15) is 0 Å². The van der Waals surface area contributed by atoms with E-state index in [0.717, 1.165) is 6.07 Å². The maximum Gasteiger partial charge on any atom is 0.328 e. The van der Waals surface area contributed by atoms with Crippen LogP contribution in [-0.4, -0.2) is 39.2 Å². The Morgan fingerprint density at radius 2 is 1.95 bits per heavy atom. The van der Waals surface area contributed by atoms with Crippen LogP contribution in [0.4, 0.5) is 0 Å². The maximum atomic E-state index is 12.0. The number of amides is 1. The normalized spacial score (nSPS) is 13.6. The first kappa shape index (κ1) is 14.7. The quantitative estimate of drug-likeness (QED) is 0.636. The number of hydrogen-bond donors (Lipinski definition) is 4. The number of aliphatic carboxylic acids is 1. The highest BCUT2D eigenvalue weighted by atomic mass is 16.4. The SMILES string of the molecule is CC(O)C(NC(=O)c1cc(=O)c2ccccc2[nH]1)C(=O)O. The third-order valence-corrected chi connectivity index (χ3v) is 3.02. The molecule has 0 fully saturated rings. The second-order valence-electron chi connectivity index (χ2n) is 4.62. The van der Waals surface area contributed by atoms with E-state index in [0.29, 0.717) is 10.9 Å². The number of pyridine rings is 1. The van der Waals surface area contributed by atoms with Gasteiger partial charge in [0.2, 0.25) is 0 Å². The van der Waals surface area contributed by atoms with E-state index in [9.17, 15) is 19.5 Å². The summed E-state index contributed by atoms with van der Waals surface area (Å²) in [6, 6.07) is 6.30. The Kier molecular flexibility index (Phi) is 4.04. The molecular formula is C14H14N2O5. The number of carboxylic acid groups (broad SMARTS) is 1. The lowest BCUT2D eigenvalue weighted by molar-refractivity contribution is -0.141. The van der Waals surface area contributed by atoms with E-state index in [-0.39, 0.29) is 11.1 Å². The largest absolute Gasteiger partial charge is 0.480 e. The predicted molar refractivity (Wildman–Crippen MR) is 75.1 cm³/mol. The van der Waals surface area contributed by atoms with Gasteiger partial charge in [-0.25, -0.2) is 4.79 Å². The van der Waals surface area contributed by atoms with E-state index in [1.807, 2.05) is 0 Å². The van der Waals surface area contributed by atoms with Gasteiger partial charge in [-0.05, 0) is 19.1 Å². The maximum absolute atomic E-state index is 12.0. The highest BCUT2D eigenvalue weighted by molar-refractivity contribution is 5.97. The summed E-state index contributed by atoms with van der Waals surface area (Å²) in [6.45, 7) is 1.25. The summed E-state index contributed by atoms with van der Waals surface area (Å²) >= 11 is 0. The van der Waals surface area contributed by atoms with Gasteiger partial charge in [0.15, 0.2) is 11.5 Å². The Labute approximate surface area is 119 Å². The molecule has 0 bridgehead atoms. The van der Waals surface area contributed by atoms with Crippen LogP contribution in [0.3, 0.4) is 0 Å². The Balaban J connectivity index is 2.36. The van der Waals surface area contributed by atoms with Crippen LogP contribution in [-0.2, 0) is 4.79 Å². The van der Waals surface area contributed by atoms with Gasteiger partial charge in [0.05, 0.1) is 6.10 Å². The van der Waals surface area contributed by atoms with Crippen molar-refractivity contribution in [3.05, 3.63) is 46.2 Å². The van der Waals surface area contributed by atoms with Crippen molar-refractivity contribution in [3.63, 3.8) is 0 Å². The number of aliphatic hydroxyl groups excluding tert-OH is 1. The fourth-order valence-corrected chi connectivity index (χ4v) is 1.93. The van der Waals surface area contributed by atoms with Gasteiger partial charge in [0.25, 0.3) is 5.91 Å². The number of nitrogens with one attached hydrogen (secondary N) is 2. The first-order valence-electron chi connectivity index (χ1n) is 6.24. The molecule has 110 valence electrons. The zero-order valence-corrected chi connectivity index (χ0v) is 11.2. The molecule has 2 aromatic rings. The average Bonchev–Trinajstić information content (AvgIpc) is 2.43. The zero-order chi connectivity index (χ0) is 15.6. The van der Waals surface area contributed by atoms with Gasteiger partial charge < -0.3 is 20.5 Å². The molecule has 7 nitrogen and oxygen atoms in total. The molecule has 0 aliphatic heterocycles. The minimum Gasteiger partial charge on any atom is -0.480 e. The highest BCUT2D eigenvalue weighted by Crippen LogP contribution is 2.07. The van der Waals surface area contributed by atoms with E-state index in [4.69, 9.17) is 5.11 Å². The number of carbonyl (C=O) groups is 2. The van der Waals surface area contributed by atoms with E-state index in [2.05, 4.69) is 10.3 Å². The monoisotopic (exact) mass is 290 g/mol. The molecule has 0 spiro atoms. The van der Waals surface area contributed by atoms with Gasteiger partial charge in [-0.15, -0.1) is 0 Å². The number of H-pyrrole nitrogens is 1. The second-order valence-corrected chi connectivity index (χ2v) is 4.62. The van der Waals surface area contributed by atoms with Crippen molar-refractivity contribution >= 4 is 22.8 Å². The molecule has 0 radical (unpaired) electrons. The van der Waals surface area contributed by atoms with Gasteiger partial charge in [-0.3, -0.25) is 9.59 Å². The lowest BCUT2D eigenvalue weighted by Crippen LogP contribution is -2.47. The third-order valence-electron chi connectivity index (χ3n) is 3.02. The molecule has 21 heavy (non-hydrogen) atoms. The van der Waals surface area contributed by atoms with Crippen LogP contribution in [0.2, 0.25) is 0 Å². The molecule has 0 saturated heterocycles. The van der Waals surface area contributed by atoms with Crippen LogP contribution in [0.5, 0.6) is 0 Å². The summed E-state index contributed by atoms with van der Waals surface area (Å²) in [5, 5.41) is 20.9. The van der Waals surface area contributed by atoms with Crippen LogP contribution < -0.4 is 10.7 Å². The van der Waals surface area contributed by atoms with Crippen molar-refractivity contribution in [1.29, 1.82) is 0 Å². The number of aliphatic hydroxyl groups is 1. The first-order valence-corrected chi connectivity index (χ1v) is 6.24. The standard InChI is InChI=1S/C14H14N2O5/c1-7(17)12(14(20)21)16-13(19)10-6-11(18)8-4-2-3-5-9(8)15-10/h2-7,12,17H,1H3,(H,15,18)(H,16,19)(H,20,21). The molecule has 2 rings (SSSR count). The fourth-order valence-electron chi connectivity index (χ4n) is 1.93. The second kappa shape index (κ2) is 5.76. The van der Waals surface area contributed by atoms with Crippen molar-refractivity contribution in [2.75, 3.05) is 0 Å². The Morgan fingerprint density at radius 1 is 1.29 bits per heavy atom. The molecule has 7 heteroatoms. The van der Waals surface area contributed by atoms with Gasteiger partial charge >= 0.3 is 5.97 Å². The molecule has 1 aromatic heterocycles. The molecular weight excluding hydrogens is 276 g/mol. The Bertz CT molecular complexity index is 750. The predicted octanol–water partition coefficient (Wildman–Crippen LogP) is 0.0919. The Hall–Kier alpha value is -2.67. The number of rotatable bonds is 4. The zero-order valence-electron chi connectivity index (χ0n) is 11.2. The van der Waals surface area contributed by atoms with Crippen molar-refractivity contribution in [3.8, 4) is 0 Å². The number of hydrogen-bond acceptors (Lipinski definition) is 4. The number of benzene rings is 1. The number of carbonyl (C=O) groups excluding carboxylic acids is 1. The lowest BCUT2D eigenvalue weighted by Gasteiger charge is -2.17. The molecule has 2 atom stereocenters. The van der Waals surface area contributed by atoms with Gasteiger partial charge in [0.1, 0.15) is 5.69 Å². The molecule has 0 aliphatic carbocycles. The lowest BCUT2D eigenvalue weighted by atomic mass is 10.1. The summed E-state index contributed by atoms with van der Waals surface area (Å²) in [7, 11) is 0. The van der Waals surface area contributed by atoms with Crippen LogP contribution >= 0.6 is 0 Å². The number of aromatic nitrogens is 1.